The molecule has 0 fully saturated rings. The number of nitrogens with zero attached hydrogens (tertiary/aromatic N) is 3. The van der Waals surface area contributed by atoms with Gasteiger partial charge in [-0.25, -0.2) is 0 Å². The second kappa shape index (κ2) is 2.68. The standard InChI is InChI=1S/C9H6ClN3S/c1-5-11-12-9-13(5)7-3-2-6(10)4-8(7)14-9/h2-4H,1H3. The van der Waals surface area contributed by atoms with E-state index in [4.69, 9.17) is 11.6 Å². The quantitative estimate of drug-likeness (QED) is 0.587. The lowest BCUT2D eigenvalue weighted by Gasteiger charge is -1.92. The topological polar surface area (TPSA) is 30.2 Å². The van der Waals surface area contributed by atoms with Crippen LogP contribution in [0.4, 0.5) is 0 Å². The third-order valence-corrected chi connectivity index (χ3v) is 3.39. The van der Waals surface area contributed by atoms with Gasteiger partial charge in [-0.05, 0) is 25.1 Å². The van der Waals surface area contributed by atoms with Gasteiger partial charge >= 0.3 is 0 Å². The summed E-state index contributed by atoms with van der Waals surface area (Å²) in [7, 11) is 0. The van der Waals surface area contributed by atoms with Crippen molar-refractivity contribution in [2.24, 2.45) is 0 Å². The Morgan fingerprint density at radius 1 is 1.36 bits per heavy atom. The number of hydrogen-bond acceptors (Lipinski definition) is 3. The second-order valence-corrected chi connectivity index (χ2v) is 4.52. The van der Waals surface area contributed by atoms with Crippen LogP contribution in [0.2, 0.25) is 5.02 Å². The third-order valence-electron chi connectivity index (χ3n) is 2.16. The van der Waals surface area contributed by atoms with E-state index in [9.17, 15) is 0 Å². The number of thiazole rings is 1. The molecule has 0 atom stereocenters. The van der Waals surface area contributed by atoms with Crippen LogP contribution in [0.5, 0.6) is 0 Å². The summed E-state index contributed by atoms with van der Waals surface area (Å²) in [6.07, 6.45) is 0. The minimum Gasteiger partial charge on any atom is -0.270 e. The van der Waals surface area contributed by atoms with E-state index in [1.165, 1.54) is 0 Å². The van der Waals surface area contributed by atoms with Crippen molar-refractivity contribution in [3.05, 3.63) is 29.0 Å². The van der Waals surface area contributed by atoms with Gasteiger partial charge in [0.15, 0.2) is 0 Å². The summed E-state index contributed by atoms with van der Waals surface area (Å²) in [6, 6.07) is 5.84. The van der Waals surface area contributed by atoms with Gasteiger partial charge in [0.25, 0.3) is 0 Å². The van der Waals surface area contributed by atoms with E-state index in [1.54, 1.807) is 11.3 Å². The zero-order valence-corrected chi connectivity index (χ0v) is 8.93. The summed E-state index contributed by atoms with van der Waals surface area (Å²) in [4.78, 5) is 0.916. The third kappa shape index (κ3) is 0.980. The molecule has 0 aliphatic heterocycles. The number of benzene rings is 1. The minimum absolute atomic E-state index is 0.757. The Morgan fingerprint density at radius 2 is 2.21 bits per heavy atom. The van der Waals surface area contributed by atoms with Crippen molar-refractivity contribution in [3.63, 3.8) is 0 Å². The molecule has 0 saturated carbocycles. The van der Waals surface area contributed by atoms with Gasteiger partial charge in [0.1, 0.15) is 5.82 Å². The molecule has 0 unspecified atom stereocenters. The van der Waals surface area contributed by atoms with Crippen LogP contribution in [0.3, 0.4) is 0 Å². The van der Waals surface area contributed by atoms with Crippen molar-refractivity contribution < 1.29 is 0 Å². The fourth-order valence-electron chi connectivity index (χ4n) is 1.54. The van der Waals surface area contributed by atoms with Crippen LogP contribution in [0.15, 0.2) is 18.2 Å². The maximum absolute atomic E-state index is 5.91. The van der Waals surface area contributed by atoms with E-state index in [1.807, 2.05) is 29.5 Å². The van der Waals surface area contributed by atoms with Gasteiger partial charge in [0, 0.05) is 5.02 Å². The molecule has 0 N–H and O–H groups in total. The van der Waals surface area contributed by atoms with Gasteiger partial charge in [0.2, 0.25) is 4.96 Å². The van der Waals surface area contributed by atoms with Gasteiger partial charge in [-0.3, -0.25) is 4.40 Å². The first-order valence-electron chi connectivity index (χ1n) is 4.15. The largest absolute Gasteiger partial charge is 0.270 e. The molecule has 5 heteroatoms. The molecule has 2 aromatic heterocycles. The first-order chi connectivity index (χ1) is 6.75. The Balaban J connectivity index is 2.58. The molecule has 3 aromatic rings. The van der Waals surface area contributed by atoms with Gasteiger partial charge in [-0.1, -0.05) is 22.9 Å². The molecule has 3 nitrogen and oxygen atoms in total. The van der Waals surface area contributed by atoms with Crippen LogP contribution in [-0.2, 0) is 0 Å². The Bertz CT molecular complexity index is 625. The number of halogens is 1. The van der Waals surface area contributed by atoms with Crippen molar-refractivity contribution >= 4 is 38.1 Å². The Labute approximate surface area is 88.9 Å². The lowest BCUT2D eigenvalue weighted by molar-refractivity contribution is 1.02. The minimum atomic E-state index is 0.757. The second-order valence-electron chi connectivity index (χ2n) is 3.08. The van der Waals surface area contributed by atoms with Gasteiger partial charge in [0.05, 0.1) is 10.2 Å². The lowest BCUT2D eigenvalue weighted by Crippen LogP contribution is -1.83. The molecule has 0 aliphatic carbocycles. The Hall–Kier alpha value is -1.13. The molecular formula is C9H6ClN3S. The Morgan fingerprint density at radius 3 is 3.07 bits per heavy atom. The average molecular weight is 224 g/mol. The highest BCUT2D eigenvalue weighted by Crippen LogP contribution is 2.28. The van der Waals surface area contributed by atoms with E-state index < -0.39 is 0 Å². The van der Waals surface area contributed by atoms with Crippen molar-refractivity contribution in [1.29, 1.82) is 0 Å². The summed E-state index contributed by atoms with van der Waals surface area (Å²) < 4.78 is 3.18. The normalized spacial score (nSPS) is 11.6. The zero-order chi connectivity index (χ0) is 9.71. The molecule has 0 radical (unpaired) electrons. The molecule has 0 saturated heterocycles. The highest BCUT2D eigenvalue weighted by Gasteiger charge is 2.08. The first-order valence-corrected chi connectivity index (χ1v) is 5.35. The van der Waals surface area contributed by atoms with E-state index in [-0.39, 0.29) is 0 Å². The smallest absolute Gasteiger partial charge is 0.217 e. The lowest BCUT2D eigenvalue weighted by atomic mass is 10.3. The maximum atomic E-state index is 5.91. The van der Waals surface area contributed by atoms with Crippen LogP contribution >= 0.6 is 22.9 Å². The molecule has 0 bridgehead atoms. The molecule has 0 aliphatic rings. The summed E-state index contributed by atoms with van der Waals surface area (Å²) in [5, 5.41) is 8.85. The predicted molar refractivity (Wildman–Crippen MR) is 58.1 cm³/mol. The SMILES string of the molecule is Cc1nnc2sc3cc(Cl)ccc3n12. The maximum Gasteiger partial charge on any atom is 0.217 e. The van der Waals surface area contributed by atoms with Crippen molar-refractivity contribution in [2.75, 3.05) is 0 Å². The van der Waals surface area contributed by atoms with Gasteiger partial charge in [-0.15, -0.1) is 10.2 Å². The number of aryl methyl sites for hydroxylation is 1. The van der Waals surface area contributed by atoms with E-state index in [0.717, 1.165) is 26.0 Å². The molecule has 0 amide bonds. The summed E-state index contributed by atoms with van der Waals surface area (Å²) in [5.41, 5.74) is 1.12. The number of fused-ring (bicyclic) bond motifs is 3. The van der Waals surface area contributed by atoms with Gasteiger partial charge in [-0.2, -0.15) is 0 Å². The number of hydrogen-bond donors (Lipinski definition) is 0. The van der Waals surface area contributed by atoms with Crippen LogP contribution in [0.1, 0.15) is 5.82 Å². The first kappa shape index (κ1) is 8.20. The van der Waals surface area contributed by atoms with Gasteiger partial charge < -0.3 is 0 Å². The molecular weight excluding hydrogens is 218 g/mol. The monoisotopic (exact) mass is 223 g/mol. The fourth-order valence-corrected chi connectivity index (χ4v) is 2.83. The molecule has 0 spiro atoms. The zero-order valence-electron chi connectivity index (χ0n) is 7.36. The highest BCUT2D eigenvalue weighted by atomic mass is 35.5. The van der Waals surface area contributed by atoms with Crippen LogP contribution in [0, 0.1) is 6.92 Å². The predicted octanol–water partition coefficient (Wildman–Crippen LogP) is 2.91. The molecule has 14 heavy (non-hydrogen) atoms. The molecule has 2 heterocycles. The van der Waals surface area contributed by atoms with Crippen molar-refractivity contribution in [2.45, 2.75) is 6.92 Å². The fraction of sp³-hybridized carbons (Fsp3) is 0.111. The highest BCUT2D eigenvalue weighted by molar-refractivity contribution is 7.23. The number of aromatic nitrogens is 3. The van der Waals surface area contributed by atoms with Crippen LogP contribution in [0.25, 0.3) is 15.2 Å². The van der Waals surface area contributed by atoms with Crippen molar-refractivity contribution in [3.8, 4) is 0 Å². The van der Waals surface area contributed by atoms with Crippen LogP contribution in [-0.4, -0.2) is 14.6 Å². The molecule has 3 rings (SSSR count). The number of rotatable bonds is 0. The average Bonchev–Trinajstić information content (AvgIpc) is 2.66. The van der Waals surface area contributed by atoms with Crippen molar-refractivity contribution in [1.82, 2.24) is 14.6 Å². The summed E-state index contributed by atoms with van der Waals surface area (Å²) in [5.74, 6) is 0.911. The van der Waals surface area contributed by atoms with E-state index in [2.05, 4.69) is 10.2 Å². The molecule has 70 valence electrons. The van der Waals surface area contributed by atoms with E-state index in [0.29, 0.717) is 0 Å². The summed E-state index contributed by atoms with van der Waals surface area (Å²) >= 11 is 7.52. The molecule has 1 aromatic carbocycles. The Kier molecular flexibility index (Phi) is 1.57. The van der Waals surface area contributed by atoms with Crippen LogP contribution < -0.4 is 0 Å². The summed E-state index contributed by atoms with van der Waals surface area (Å²) in [6.45, 7) is 1.95. The van der Waals surface area contributed by atoms with E-state index >= 15 is 0 Å².